The van der Waals surface area contributed by atoms with Crippen molar-refractivity contribution >= 4 is 10.0 Å². The number of aromatic nitrogens is 3. The van der Waals surface area contributed by atoms with Crippen molar-refractivity contribution in [3.8, 4) is 5.69 Å². The lowest BCUT2D eigenvalue weighted by Crippen LogP contribution is -2.38. The summed E-state index contributed by atoms with van der Waals surface area (Å²) in [5.74, 6) is -0.00380. The predicted molar refractivity (Wildman–Crippen MR) is 106 cm³/mol. The van der Waals surface area contributed by atoms with Crippen LogP contribution in [0.4, 0.5) is 4.39 Å². The monoisotopic (exact) mass is 416 g/mol. The van der Waals surface area contributed by atoms with E-state index in [4.69, 9.17) is 0 Å². The van der Waals surface area contributed by atoms with Gasteiger partial charge in [0.25, 0.3) is 0 Å². The summed E-state index contributed by atoms with van der Waals surface area (Å²) in [7, 11) is -2.15. The standard InChI is InChI=1S/C20H21FN4O3S/c1-23-20(26)25(17-7-3-2-4-8-17)19(22-23)15-10-12-24(13-11-15)29(27,28)18-9-5-6-16(21)14-18/h2-9,14-15H,10-13H2,1H3. The molecular formula is C20H21FN4O3S. The molecular weight excluding hydrogens is 395 g/mol. The van der Waals surface area contributed by atoms with Crippen LogP contribution in [0.15, 0.2) is 64.3 Å². The van der Waals surface area contributed by atoms with E-state index in [2.05, 4.69) is 5.10 Å². The summed E-state index contributed by atoms with van der Waals surface area (Å²) < 4.78 is 43.4. The smallest absolute Gasteiger partial charge is 0.247 e. The zero-order chi connectivity index (χ0) is 20.6. The molecule has 2 heterocycles. The molecule has 0 radical (unpaired) electrons. The van der Waals surface area contributed by atoms with Crippen molar-refractivity contribution in [1.82, 2.24) is 18.7 Å². The zero-order valence-corrected chi connectivity index (χ0v) is 16.7. The molecule has 29 heavy (non-hydrogen) atoms. The molecule has 3 aromatic rings. The highest BCUT2D eigenvalue weighted by molar-refractivity contribution is 7.89. The van der Waals surface area contributed by atoms with E-state index < -0.39 is 15.8 Å². The van der Waals surface area contributed by atoms with Crippen LogP contribution in [0, 0.1) is 5.82 Å². The maximum Gasteiger partial charge on any atom is 0.350 e. The molecule has 9 heteroatoms. The highest BCUT2D eigenvalue weighted by atomic mass is 32.2. The van der Waals surface area contributed by atoms with Gasteiger partial charge in [0.2, 0.25) is 10.0 Å². The fraction of sp³-hybridized carbons (Fsp3) is 0.300. The van der Waals surface area contributed by atoms with Crippen LogP contribution in [-0.4, -0.2) is 40.2 Å². The summed E-state index contributed by atoms with van der Waals surface area (Å²) in [6, 6.07) is 14.3. The lowest BCUT2D eigenvalue weighted by atomic mass is 9.97. The summed E-state index contributed by atoms with van der Waals surface area (Å²) in [6.45, 7) is 0.562. The molecule has 0 bridgehead atoms. The third-order valence-electron chi connectivity index (χ3n) is 5.22. The number of para-hydroxylation sites is 1. The third-order valence-corrected chi connectivity index (χ3v) is 7.11. The van der Waals surface area contributed by atoms with Crippen molar-refractivity contribution in [2.24, 2.45) is 7.05 Å². The van der Waals surface area contributed by atoms with Crippen molar-refractivity contribution in [2.75, 3.05) is 13.1 Å². The molecule has 4 rings (SSSR count). The quantitative estimate of drug-likeness (QED) is 0.654. The fourth-order valence-electron chi connectivity index (χ4n) is 3.70. The van der Waals surface area contributed by atoms with Crippen LogP contribution in [0.5, 0.6) is 0 Å². The van der Waals surface area contributed by atoms with Gasteiger partial charge in [-0.2, -0.15) is 9.40 Å². The Morgan fingerprint density at radius 3 is 2.38 bits per heavy atom. The summed E-state index contributed by atoms with van der Waals surface area (Å²) >= 11 is 0. The van der Waals surface area contributed by atoms with Crippen LogP contribution in [0.1, 0.15) is 24.6 Å². The molecule has 1 aliphatic rings. The Hall–Kier alpha value is -2.78. The van der Waals surface area contributed by atoms with Crippen LogP contribution in [0.2, 0.25) is 0 Å². The van der Waals surface area contributed by atoms with E-state index in [-0.39, 0.29) is 29.6 Å². The van der Waals surface area contributed by atoms with Gasteiger partial charge in [-0.15, -0.1) is 0 Å². The van der Waals surface area contributed by atoms with E-state index in [1.807, 2.05) is 30.3 Å². The highest BCUT2D eigenvalue weighted by Crippen LogP contribution is 2.30. The summed E-state index contributed by atoms with van der Waals surface area (Å²) in [4.78, 5) is 12.5. The Balaban J connectivity index is 1.58. The van der Waals surface area contributed by atoms with Gasteiger partial charge < -0.3 is 0 Å². The number of sulfonamides is 1. The fourth-order valence-corrected chi connectivity index (χ4v) is 5.20. The third kappa shape index (κ3) is 3.63. The molecule has 7 nitrogen and oxygen atoms in total. The van der Waals surface area contributed by atoms with E-state index in [0.717, 1.165) is 11.8 Å². The number of hydrogen-bond donors (Lipinski definition) is 0. The summed E-state index contributed by atoms with van der Waals surface area (Å²) in [6.07, 6.45) is 1.05. The van der Waals surface area contributed by atoms with Crippen LogP contribution in [0.25, 0.3) is 5.69 Å². The van der Waals surface area contributed by atoms with Crippen molar-refractivity contribution in [2.45, 2.75) is 23.7 Å². The van der Waals surface area contributed by atoms with Gasteiger partial charge in [-0.3, -0.25) is 0 Å². The lowest BCUT2D eigenvalue weighted by molar-refractivity contribution is 0.311. The van der Waals surface area contributed by atoms with Crippen molar-refractivity contribution in [3.05, 3.63) is 76.7 Å². The first-order valence-electron chi connectivity index (χ1n) is 9.35. The SMILES string of the molecule is Cn1nc(C2CCN(S(=O)(=O)c3cccc(F)c3)CC2)n(-c2ccccc2)c1=O. The second-order valence-electron chi connectivity index (χ2n) is 7.07. The van der Waals surface area contributed by atoms with Gasteiger partial charge in [0.1, 0.15) is 11.6 Å². The minimum absolute atomic E-state index is 0.0463. The normalized spacial score (nSPS) is 16.2. The number of hydrogen-bond acceptors (Lipinski definition) is 4. The van der Waals surface area contributed by atoms with E-state index in [0.29, 0.717) is 18.7 Å². The Morgan fingerprint density at radius 1 is 1.03 bits per heavy atom. The number of piperidine rings is 1. The minimum atomic E-state index is -3.76. The molecule has 0 amide bonds. The Bertz CT molecular complexity index is 1180. The molecule has 0 aliphatic carbocycles. The Labute approximate surface area is 168 Å². The average molecular weight is 416 g/mol. The first-order chi connectivity index (χ1) is 13.9. The second-order valence-corrected chi connectivity index (χ2v) is 9.01. The van der Waals surface area contributed by atoms with Crippen LogP contribution in [0.3, 0.4) is 0 Å². The number of halogens is 1. The molecule has 0 unspecified atom stereocenters. The van der Waals surface area contributed by atoms with Crippen LogP contribution >= 0.6 is 0 Å². The highest BCUT2D eigenvalue weighted by Gasteiger charge is 2.32. The number of rotatable bonds is 4. The largest absolute Gasteiger partial charge is 0.350 e. The zero-order valence-electron chi connectivity index (χ0n) is 15.9. The van der Waals surface area contributed by atoms with Gasteiger partial charge in [-0.05, 0) is 43.2 Å². The van der Waals surface area contributed by atoms with Crippen LogP contribution in [-0.2, 0) is 17.1 Å². The van der Waals surface area contributed by atoms with Gasteiger partial charge in [0.15, 0.2) is 0 Å². The van der Waals surface area contributed by atoms with Crippen molar-refractivity contribution in [1.29, 1.82) is 0 Å². The van der Waals surface area contributed by atoms with E-state index in [1.54, 1.807) is 11.6 Å². The molecule has 0 N–H and O–H groups in total. The molecule has 2 aromatic carbocycles. The maximum atomic E-state index is 13.5. The second kappa shape index (κ2) is 7.57. The first kappa shape index (κ1) is 19.5. The lowest BCUT2D eigenvalue weighted by Gasteiger charge is -2.30. The predicted octanol–water partition coefficient (Wildman–Crippen LogP) is 2.28. The van der Waals surface area contributed by atoms with E-state index >= 15 is 0 Å². The van der Waals surface area contributed by atoms with Gasteiger partial charge in [-0.25, -0.2) is 26.9 Å². The maximum absolute atomic E-state index is 13.5. The molecule has 152 valence electrons. The summed E-state index contributed by atoms with van der Waals surface area (Å²) in [5.41, 5.74) is 0.497. The van der Waals surface area contributed by atoms with Gasteiger partial charge in [0, 0.05) is 26.1 Å². The molecule has 0 spiro atoms. The van der Waals surface area contributed by atoms with Gasteiger partial charge in [0.05, 0.1) is 10.6 Å². The molecule has 1 aliphatic heterocycles. The average Bonchev–Trinajstić information content (AvgIpc) is 3.03. The molecule has 1 saturated heterocycles. The molecule has 0 atom stereocenters. The van der Waals surface area contributed by atoms with Gasteiger partial charge in [-0.1, -0.05) is 24.3 Å². The number of benzene rings is 2. The van der Waals surface area contributed by atoms with E-state index in [9.17, 15) is 17.6 Å². The number of nitrogens with zero attached hydrogens (tertiary/aromatic N) is 4. The topological polar surface area (TPSA) is 77.2 Å². The minimum Gasteiger partial charge on any atom is -0.247 e. The van der Waals surface area contributed by atoms with E-state index in [1.165, 1.54) is 27.2 Å². The van der Waals surface area contributed by atoms with Crippen molar-refractivity contribution < 1.29 is 12.8 Å². The molecule has 0 saturated carbocycles. The van der Waals surface area contributed by atoms with Crippen molar-refractivity contribution in [3.63, 3.8) is 0 Å². The Morgan fingerprint density at radius 2 is 1.72 bits per heavy atom. The number of aryl methyl sites for hydroxylation is 1. The van der Waals surface area contributed by atoms with Crippen LogP contribution < -0.4 is 5.69 Å². The molecule has 1 fully saturated rings. The Kier molecular flexibility index (Phi) is 5.10. The summed E-state index contributed by atoms with van der Waals surface area (Å²) in [5, 5.41) is 4.42. The first-order valence-corrected chi connectivity index (χ1v) is 10.8. The van der Waals surface area contributed by atoms with Gasteiger partial charge >= 0.3 is 5.69 Å². The molecule has 1 aromatic heterocycles.